The smallest absolute Gasteiger partial charge is 0.211 e. The van der Waals surface area contributed by atoms with E-state index >= 15 is 0 Å². The molecular formula is C13H29N3O3S. The highest BCUT2D eigenvalue weighted by molar-refractivity contribution is 7.88. The van der Waals surface area contributed by atoms with Gasteiger partial charge in [0.1, 0.15) is 0 Å². The van der Waals surface area contributed by atoms with Gasteiger partial charge in [-0.05, 0) is 25.9 Å². The number of piperidine rings is 1. The van der Waals surface area contributed by atoms with Gasteiger partial charge in [0.15, 0.2) is 0 Å². The van der Waals surface area contributed by atoms with Gasteiger partial charge in [0.2, 0.25) is 10.0 Å². The lowest BCUT2D eigenvalue weighted by molar-refractivity contribution is 0.111. The summed E-state index contributed by atoms with van der Waals surface area (Å²) in [5.41, 5.74) is 0. The lowest BCUT2D eigenvalue weighted by Gasteiger charge is -2.31. The summed E-state index contributed by atoms with van der Waals surface area (Å²) < 4.78 is 24.3. The first-order valence-corrected chi connectivity index (χ1v) is 9.30. The summed E-state index contributed by atoms with van der Waals surface area (Å²) in [7, 11) is -3.05. The van der Waals surface area contributed by atoms with Crippen molar-refractivity contribution in [2.75, 3.05) is 45.5 Å². The molecule has 1 unspecified atom stereocenters. The SMILES string of the molecule is CCN(CC)CC(O)CNC1CCN(S(C)(=O)=O)CC1. The molecule has 0 amide bonds. The second-order valence-electron chi connectivity index (χ2n) is 5.48. The predicted octanol–water partition coefficient (Wildman–Crippen LogP) is -0.297. The zero-order valence-corrected chi connectivity index (χ0v) is 13.7. The van der Waals surface area contributed by atoms with Crippen molar-refractivity contribution in [2.24, 2.45) is 0 Å². The van der Waals surface area contributed by atoms with E-state index in [9.17, 15) is 13.5 Å². The molecule has 20 heavy (non-hydrogen) atoms. The maximum atomic E-state index is 11.4. The van der Waals surface area contributed by atoms with E-state index in [1.165, 1.54) is 10.6 Å². The Bertz CT molecular complexity index is 363. The van der Waals surface area contributed by atoms with E-state index in [2.05, 4.69) is 24.1 Å². The summed E-state index contributed by atoms with van der Waals surface area (Å²) in [6, 6.07) is 0.305. The Morgan fingerprint density at radius 1 is 1.30 bits per heavy atom. The fraction of sp³-hybridized carbons (Fsp3) is 1.00. The summed E-state index contributed by atoms with van der Waals surface area (Å²) >= 11 is 0. The Morgan fingerprint density at radius 2 is 1.85 bits per heavy atom. The highest BCUT2D eigenvalue weighted by atomic mass is 32.2. The number of hydrogen-bond donors (Lipinski definition) is 2. The molecule has 0 aromatic carbocycles. The summed E-state index contributed by atoms with van der Waals surface area (Å²) in [5.74, 6) is 0. The van der Waals surface area contributed by atoms with Crippen molar-refractivity contribution in [1.29, 1.82) is 0 Å². The van der Waals surface area contributed by atoms with Gasteiger partial charge < -0.3 is 15.3 Å². The van der Waals surface area contributed by atoms with Crippen molar-refractivity contribution in [2.45, 2.75) is 38.8 Å². The van der Waals surface area contributed by atoms with Crippen molar-refractivity contribution < 1.29 is 13.5 Å². The molecule has 1 fully saturated rings. The van der Waals surface area contributed by atoms with Crippen LogP contribution in [-0.2, 0) is 10.0 Å². The van der Waals surface area contributed by atoms with E-state index < -0.39 is 10.0 Å². The number of likely N-dealkylation sites (N-methyl/N-ethyl adjacent to an activating group) is 1. The van der Waals surface area contributed by atoms with Crippen LogP contribution in [0, 0.1) is 0 Å². The van der Waals surface area contributed by atoms with Crippen molar-refractivity contribution in [3.8, 4) is 0 Å². The van der Waals surface area contributed by atoms with Crippen LogP contribution in [0.4, 0.5) is 0 Å². The number of sulfonamides is 1. The lowest BCUT2D eigenvalue weighted by atomic mass is 10.1. The Hall–Kier alpha value is -0.210. The Morgan fingerprint density at radius 3 is 2.30 bits per heavy atom. The number of aliphatic hydroxyl groups is 1. The van der Waals surface area contributed by atoms with Gasteiger partial charge in [-0.3, -0.25) is 0 Å². The fourth-order valence-electron chi connectivity index (χ4n) is 2.54. The van der Waals surface area contributed by atoms with E-state index in [0.29, 0.717) is 32.2 Å². The molecule has 1 saturated heterocycles. The topological polar surface area (TPSA) is 72.9 Å². The number of nitrogens with zero attached hydrogens (tertiary/aromatic N) is 2. The summed E-state index contributed by atoms with van der Waals surface area (Å²) in [5, 5.41) is 13.3. The lowest BCUT2D eigenvalue weighted by Crippen LogP contribution is -2.47. The molecule has 0 aromatic heterocycles. The van der Waals surface area contributed by atoms with Crippen LogP contribution in [0.5, 0.6) is 0 Å². The minimum atomic E-state index is -3.05. The molecule has 0 radical (unpaired) electrons. The predicted molar refractivity (Wildman–Crippen MR) is 81.2 cm³/mol. The molecule has 2 N–H and O–H groups in total. The van der Waals surface area contributed by atoms with Crippen molar-refractivity contribution in [3.05, 3.63) is 0 Å². The highest BCUT2D eigenvalue weighted by Gasteiger charge is 2.24. The Kier molecular flexibility index (Phi) is 7.39. The third-order valence-electron chi connectivity index (χ3n) is 3.93. The molecule has 120 valence electrons. The van der Waals surface area contributed by atoms with Gasteiger partial charge in [-0.15, -0.1) is 0 Å². The average molecular weight is 307 g/mol. The van der Waals surface area contributed by atoms with Crippen LogP contribution in [0.15, 0.2) is 0 Å². The second kappa shape index (κ2) is 8.29. The van der Waals surface area contributed by atoms with Crippen molar-refractivity contribution in [3.63, 3.8) is 0 Å². The molecule has 7 heteroatoms. The second-order valence-corrected chi connectivity index (χ2v) is 7.47. The number of nitrogens with one attached hydrogen (secondary N) is 1. The molecule has 1 aliphatic heterocycles. The summed E-state index contributed by atoms with van der Waals surface area (Å²) in [6.07, 6.45) is 2.51. The van der Waals surface area contributed by atoms with Crippen LogP contribution in [0.3, 0.4) is 0 Å². The molecule has 1 atom stereocenters. The van der Waals surface area contributed by atoms with E-state index in [1.54, 1.807) is 0 Å². The van der Waals surface area contributed by atoms with Crippen LogP contribution < -0.4 is 5.32 Å². The van der Waals surface area contributed by atoms with Crippen LogP contribution in [0.1, 0.15) is 26.7 Å². The Balaban J connectivity index is 2.24. The summed E-state index contributed by atoms with van der Waals surface area (Å²) in [4.78, 5) is 2.19. The maximum absolute atomic E-state index is 11.4. The molecule has 0 bridgehead atoms. The molecule has 1 aliphatic rings. The third-order valence-corrected chi connectivity index (χ3v) is 5.23. The normalized spacial score (nSPS) is 20.4. The van der Waals surface area contributed by atoms with Gasteiger partial charge in [0.25, 0.3) is 0 Å². The van der Waals surface area contributed by atoms with Gasteiger partial charge >= 0.3 is 0 Å². The van der Waals surface area contributed by atoms with Crippen LogP contribution >= 0.6 is 0 Å². The molecule has 0 saturated carbocycles. The van der Waals surface area contributed by atoms with Gasteiger partial charge in [0.05, 0.1) is 12.4 Å². The molecule has 6 nitrogen and oxygen atoms in total. The van der Waals surface area contributed by atoms with Gasteiger partial charge in [0, 0.05) is 32.2 Å². The minimum absolute atomic E-state index is 0.305. The van der Waals surface area contributed by atoms with Crippen molar-refractivity contribution >= 4 is 10.0 Å². The van der Waals surface area contributed by atoms with Crippen molar-refractivity contribution in [1.82, 2.24) is 14.5 Å². The van der Waals surface area contributed by atoms with Gasteiger partial charge in [-0.25, -0.2) is 12.7 Å². The van der Waals surface area contributed by atoms with Crippen LogP contribution in [0.25, 0.3) is 0 Å². The van der Waals surface area contributed by atoms with Gasteiger partial charge in [-0.1, -0.05) is 13.8 Å². The van der Waals surface area contributed by atoms with Gasteiger partial charge in [-0.2, -0.15) is 0 Å². The molecule has 0 aliphatic carbocycles. The fourth-order valence-corrected chi connectivity index (χ4v) is 3.41. The standard InChI is InChI=1S/C13H29N3O3S/c1-4-15(5-2)11-13(17)10-14-12-6-8-16(9-7-12)20(3,18)19/h12-14,17H,4-11H2,1-3H3. The van der Waals surface area contributed by atoms with E-state index in [4.69, 9.17) is 0 Å². The molecule has 1 rings (SSSR count). The number of hydrogen-bond acceptors (Lipinski definition) is 5. The third kappa shape index (κ3) is 6.05. The molecule has 0 spiro atoms. The first-order chi connectivity index (χ1) is 9.36. The van der Waals surface area contributed by atoms with Crippen LogP contribution in [0.2, 0.25) is 0 Å². The average Bonchev–Trinajstić information content (AvgIpc) is 2.42. The van der Waals surface area contributed by atoms with E-state index in [1.807, 2.05) is 0 Å². The van der Waals surface area contributed by atoms with E-state index in [-0.39, 0.29) is 6.10 Å². The summed E-state index contributed by atoms with van der Waals surface area (Å²) in [6.45, 7) is 8.46. The zero-order valence-electron chi connectivity index (χ0n) is 12.9. The highest BCUT2D eigenvalue weighted by Crippen LogP contribution is 2.13. The zero-order chi connectivity index (χ0) is 15.2. The monoisotopic (exact) mass is 307 g/mol. The maximum Gasteiger partial charge on any atom is 0.211 e. The number of aliphatic hydroxyl groups excluding tert-OH is 1. The quantitative estimate of drug-likeness (QED) is 0.644. The van der Waals surface area contributed by atoms with Crippen LogP contribution in [-0.4, -0.2) is 80.4 Å². The Labute approximate surface area is 123 Å². The first kappa shape index (κ1) is 17.8. The minimum Gasteiger partial charge on any atom is -0.390 e. The molecular weight excluding hydrogens is 278 g/mol. The van der Waals surface area contributed by atoms with E-state index in [0.717, 1.165) is 25.9 Å². The number of rotatable bonds is 8. The molecule has 1 heterocycles. The molecule has 0 aromatic rings. The largest absolute Gasteiger partial charge is 0.390 e. The first-order valence-electron chi connectivity index (χ1n) is 7.45.